The fourth-order valence-electron chi connectivity index (χ4n) is 3.22. The van der Waals surface area contributed by atoms with E-state index in [-0.39, 0.29) is 17.9 Å². The molecule has 3 rings (SSSR count). The Balaban J connectivity index is 1.65. The third-order valence-corrected chi connectivity index (χ3v) is 4.78. The number of nitrogens with one attached hydrogen (secondary N) is 2. The maximum absolute atomic E-state index is 12.5. The van der Waals surface area contributed by atoms with Crippen LogP contribution in [-0.4, -0.2) is 42.2 Å². The Labute approximate surface area is 158 Å². The van der Waals surface area contributed by atoms with Crippen molar-refractivity contribution in [2.45, 2.75) is 33.6 Å². The summed E-state index contributed by atoms with van der Waals surface area (Å²) in [5.74, 6) is 0.460. The molecule has 2 N–H and O–H groups in total. The summed E-state index contributed by atoms with van der Waals surface area (Å²) in [4.78, 5) is 34.2. The molecule has 0 radical (unpaired) electrons. The molecular weight excluding hydrogens is 344 g/mol. The second-order valence-corrected chi connectivity index (χ2v) is 6.92. The Hall–Kier alpha value is -2.67. The lowest BCUT2D eigenvalue weighted by Gasteiger charge is -2.27. The second-order valence-electron chi connectivity index (χ2n) is 6.92. The van der Waals surface area contributed by atoms with E-state index in [9.17, 15) is 9.59 Å². The van der Waals surface area contributed by atoms with Crippen molar-refractivity contribution in [2.24, 2.45) is 0 Å². The molecule has 144 valence electrons. The number of hydrogen-bond acceptors (Lipinski definition) is 5. The van der Waals surface area contributed by atoms with E-state index < -0.39 is 0 Å². The van der Waals surface area contributed by atoms with Crippen LogP contribution in [0.25, 0.3) is 0 Å². The number of morpholine rings is 1. The van der Waals surface area contributed by atoms with Gasteiger partial charge in [-0.2, -0.15) is 0 Å². The topological polar surface area (TPSA) is 87.3 Å². The molecule has 0 spiro atoms. The molecule has 7 heteroatoms. The molecule has 1 saturated heterocycles. The van der Waals surface area contributed by atoms with Gasteiger partial charge in [0.05, 0.1) is 13.2 Å². The fraction of sp³-hybridized carbons (Fsp3) is 0.450. The Bertz CT molecular complexity index is 885. The lowest BCUT2D eigenvalue weighted by atomic mass is 10.1. The quantitative estimate of drug-likeness (QED) is 0.842. The SMILES string of the molecule is Cc1ccc(NC(=O)CCc2c(C)nc(N3CCOCC3)[nH]c2=O)c(C)c1. The molecule has 0 aliphatic carbocycles. The lowest BCUT2D eigenvalue weighted by Crippen LogP contribution is -2.38. The average molecular weight is 370 g/mol. The van der Waals surface area contributed by atoms with E-state index in [1.807, 2.05) is 43.9 Å². The molecule has 7 nitrogen and oxygen atoms in total. The molecule has 1 fully saturated rings. The van der Waals surface area contributed by atoms with Crippen molar-refractivity contribution in [3.05, 3.63) is 50.9 Å². The molecule has 1 aliphatic heterocycles. The largest absolute Gasteiger partial charge is 0.378 e. The van der Waals surface area contributed by atoms with Crippen molar-refractivity contribution < 1.29 is 9.53 Å². The van der Waals surface area contributed by atoms with Gasteiger partial charge in [0, 0.05) is 36.5 Å². The van der Waals surface area contributed by atoms with Crippen LogP contribution < -0.4 is 15.8 Å². The summed E-state index contributed by atoms with van der Waals surface area (Å²) in [6.07, 6.45) is 0.587. The molecule has 1 aromatic heterocycles. The molecule has 27 heavy (non-hydrogen) atoms. The summed E-state index contributed by atoms with van der Waals surface area (Å²) >= 11 is 0. The molecule has 0 saturated carbocycles. The van der Waals surface area contributed by atoms with Crippen LogP contribution in [0.1, 0.15) is 28.8 Å². The molecule has 0 unspecified atom stereocenters. The van der Waals surface area contributed by atoms with E-state index in [0.717, 1.165) is 16.8 Å². The van der Waals surface area contributed by atoms with Gasteiger partial charge in [-0.05, 0) is 38.8 Å². The predicted molar refractivity (Wildman–Crippen MR) is 105 cm³/mol. The van der Waals surface area contributed by atoms with Crippen LogP contribution in [0.4, 0.5) is 11.6 Å². The van der Waals surface area contributed by atoms with Crippen LogP contribution in [0.2, 0.25) is 0 Å². The predicted octanol–water partition coefficient (Wildman–Crippen LogP) is 2.10. The number of ether oxygens (including phenoxy) is 1. The Morgan fingerprint density at radius 2 is 2.00 bits per heavy atom. The van der Waals surface area contributed by atoms with Crippen molar-refractivity contribution in [1.82, 2.24) is 9.97 Å². The number of carbonyl (C=O) groups is 1. The van der Waals surface area contributed by atoms with Crippen molar-refractivity contribution in [1.29, 1.82) is 0 Å². The highest BCUT2D eigenvalue weighted by atomic mass is 16.5. The number of benzene rings is 1. The molecular formula is C20H26N4O3. The second kappa shape index (κ2) is 8.35. The van der Waals surface area contributed by atoms with Crippen LogP contribution in [0.15, 0.2) is 23.0 Å². The maximum Gasteiger partial charge on any atom is 0.255 e. The van der Waals surface area contributed by atoms with E-state index in [4.69, 9.17) is 4.74 Å². The smallest absolute Gasteiger partial charge is 0.255 e. The molecule has 0 atom stereocenters. The zero-order valence-corrected chi connectivity index (χ0v) is 16.1. The number of aryl methyl sites for hydroxylation is 3. The highest BCUT2D eigenvalue weighted by molar-refractivity contribution is 5.91. The monoisotopic (exact) mass is 370 g/mol. The summed E-state index contributed by atoms with van der Waals surface area (Å²) in [7, 11) is 0. The number of rotatable bonds is 5. The van der Waals surface area contributed by atoms with E-state index in [0.29, 0.717) is 49.9 Å². The third kappa shape index (κ3) is 4.74. The Kier molecular flexibility index (Phi) is 5.91. The van der Waals surface area contributed by atoms with E-state index in [1.54, 1.807) is 0 Å². The van der Waals surface area contributed by atoms with E-state index >= 15 is 0 Å². The number of carbonyl (C=O) groups excluding carboxylic acids is 1. The number of hydrogen-bond donors (Lipinski definition) is 2. The minimum absolute atomic E-state index is 0.113. The van der Waals surface area contributed by atoms with Gasteiger partial charge in [0.1, 0.15) is 0 Å². The van der Waals surface area contributed by atoms with Gasteiger partial charge in [0.25, 0.3) is 5.56 Å². The van der Waals surface area contributed by atoms with Gasteiger partial charge in [-0.1, -0.05) is 17.7 Å². The zero-order chi connectivity index (χ0) is 19.4. The van der Waals surface area contributed by atoms with Crippen LogP contribution in [0.5, 0.6) is 0 Å². The van der Waals surface area contributed by atoms with Crippen molar-refractivity contribution in [2.75, 3.05) is 36.5 Å². The van der Waals surface area contributed by atoms with Gasteiger partial charge in [0.2, 0.25) is 11.9 Å². The normalized spacial score (nSPS) is 14.3. The molecule has 2 aromatic rings. The van der Waals surface area contributed by atoms with Gasteiger partial charge in [-0.3, -0.25) is 14.6 Å². The molecule has 1 aromatic carbocycles. The number of anilines is 2. The van der Waals surface area contributed by atoms with Crippen LogP contribution >= 0.6 is 0 Å². The first-order valence-electron chi connectivity index (χ1n) is 9.23. The summed E-state index contributed by atoms with van der Waals surface area (Å²) in [6, 6.07) is 5.89. The number of aromatic amines is 1. The number of aromatic nitrogens is 2. The molecule has 1 aliphatic rings. The standard InChI is InChI=1S/C20H26N4O3/c1-13-4-6-17(14(2)12-13)22-18(25)7-5-16-15(3)21-20(23-19(16)26)24-8-10-27-11-9-24/h4,6,12H,5,7-11H2,1-3H3,(H,22,25)(H,21,23,26). The highest BCUT2D eigenvalue weighted by Crippen LogP contribution is 2.17. The van der Waals surface area contributed by atoms with Gasteiger partial charge >= 0.3 is 0 Å². The lowest BCUT2D eigenvalue weighted by molar-refractivity contribution is -0.116. The van der Waals surface area contributed by atoms with Gasteiger partial charge in [0.15, 0.2) is 0 Å². The van der Waals surface area contributed by atoms with Crippen molar-refractivity contribution >= 4 is 17.5 Å². The first-order valence-corrected chi connectivity index (χ1v) is 9.23. The zero-order valence-electron chi connectivity index (χ0n) is 16.1. The number of amides is 1. The summed E-state index contributed by atoms with van der Waals surface area (Å²) in [5, 5.41) is 2.92. The van der Waals surface area contributed by atoms with Crippen LogP contribution in [0, 0.1) is 20.8 Å². The van der Waals surface area contributed by atoms with Gasteiger partial charge in [-0.15, -0.1) is 0 Å². The van der Waals surface area contributed by atoms with Gasteiger partial charge < -0.3 is 15.0 Å². The minimum atomic E-state index is -0.177. The van der Waals surface area contributed by atoms with E-state index in [2.05, 4.69) is 15.3 Å². The van der Waals surface area contributed by atoms with Crippen LogP contribution in [0.3, 0.4) is 0 Å². The molecule has 1 amide bonds. The highest BCUT2D eigenvalue weighted by Gasteiger charge is 2.17. The first kappa shape index (κ1) is 19.1. The summed E-state index contributed by atoms with van der Waals surface area (Å²) in [5.41, 5.74) is 4.02. The van der Waals surface area contributed by atoms with Crippen LogP contribution in [-0.2, 0) is 16.0 Å². The third-order valence-electron chi connectivity index (χ3n) is 4.78. The van der Waals surface area contributed by atoms with Gasteiger partial charge in [-0.25, -0.2) is 4.98 Å². The Morgan fingerprint density at radius 3 is 2.67 bits per heavy atom. The number of nitrogens with zero attached hydrogens (tertiary/aromatic N) is 2. The molecule has 2 heterocycles. The average Bonchev–Trinajstić information content (AvgIpc) is 2.64. The van der Waals surface area contributed by atoms with Crippen molar-refractivity contribution in [3.8, 4) is 0 Å². The summed E-state index contributed by atoms with van der Waals surface area (Å²) < 4.78 is 5.33. The minimum Gasteiger partial charge on any atom is -0.378 e. The maximum atomic E-state index is 12.5. The Morgan fingerprint density at radius 1 is 1.26 bits per heavy atom. The fourth-order valence-corrected chi connectivity index (χ4v) is 3.22. The number of H-pyrrole nitrogens is 1. The van der Waals surface area contributed by atoms with E-state index in [1.165, 1.54) is 0 Å². The summed E-state index contributed by atoms with van der Waals surface area (Å²) in [6.45, 7) is 8.47. The van der Waals surface area contributed by atoms with Crippen molar-refractivity contribution in [3.63, 3.8) is 0 Å². The molecule has 0 bridgehead atoms. The first-order chi connectivity index (χ1) is 12.9.